The molecule has 2 rings (SSSR count). The van der Waals surface area contributed by atoms with E-state index in [0.717, 1.165) is 5.56 Å². The van der Waals surface area contributed by atoms with Gasteiger partial charge in [-0.1, -0.05) is 36.4 Å². The minimum Gasteiger partial charge on any atom is -0.490 e. The molecule has 0 bridgehead atoms. The SMILES string of the molecule is Cc1c(OCC(O)COCc2ccccc2)cccc1[N+](=O)[O-]. The van der Waals surface area contributed by atoms with E-state index in [2.05, 4.69) is 0 Å². The van der Waals surface area contributed by atoms with Gasteiger partial charge in [0.2, 0.25) is 0 Å². The number of aliphatic hydroxyl groups is 1. The van der Waals surface area contributed by atoms with Gasteiger partial charge < -0.3 is 14.6 Å². The second kappa shape index (κ2) is 8.26. The van der Waals surface area contributed by atoms with Crippen LogP contribution in [0.3, 0.4) is 0 Å². The quantitative estimate of drug-likeness (QED) is 0.598. The zero-order valence-corrected chi connectivity index (χ0v) is 12.8. The molecule has 0 aliphatic carbocycles. The van der Waals surface area contributed by atoms with Gasteiger partial charge in [-0.2, -0.15) is 0 Å². The lowest BCUT2D eigenvalue weighted by Crippen LogP contribution is -2.23. The van der Waals surface area contributed by atoms with Crippen LogP contribution in [0.4, 0.5) is 5.69 Å². The van der Waals surface area contributed by atoms with E-state index >= 15 is 0 Å². The first-order chi connectivity index (χ1) is 11.1. The predicted octanol–water partition coefficient (Wildman–Crippen LogP) is 2.86. The highest BCUT2D eigenvalue weighted by atomic mass is 16.6. The van der Waals surface area contributed by atoms with Gasteiger partial charge in [-0.15, -0.1) is 0 Å². The number of hydrogen-bond acceptors (Lipinski definition) is 5. The van der Waals surface area contributed by atoms with Gasteiger partial charge in [-0.25, -0.2) is 0 Å². The summed E-state index contributed by atoms with van der Waals surface area (Å²) in [5.74, 6) is 0.390. The zero-order chi connectivity index (χ0) is 16.7. The molecule has 0 aliphatic heterocycles. The van der Waals surface area contributed by atoms with Crippen molar-refractivity contribution in [3.05, 3.63) is 69.8 Å². The maximum absolute atomic E-state index is 10.9. The molecule has 0 aromatic heterocycles. The fourth-order valence-corrected chi connectivity index (χ4v) is 2.08. The van der Waals surface area contributed by atoms with E-state index < -0.39 is 11.0 Å². The van der Waals surface area contributed by atoms with Crippen molar-refractivity contribution in [2.75, 3.05) is 13.2 Å². The first-order valence-corrected chi connectivity index (χ1v) is 7.24. The summed E-state index contributed by atoms with van der Waals surface area (Å²) in [6.45, 7) is 2.17. The maximum Gasteiger partial charge on any atom is 0.276 e. The summed E-state index contributed by atoms with van der Waals surface area (Å²) in [6, 6.07) is 14.3. The van der Waals surface area contributed by atoms with Crippen LogP contribution in [0.5, 0.6) is 5.75 Å². The van der Waals surface area contributed by atoms with Crippen LogP contribution >= 0.6 is 0 Å². The average molecular weight is 317 g/mol. The van der Waals surface area contributed by atoms with Crippen molar-refractivity contribution in [3.63, 3.8) is 0 Å². The molecule has 1 N–H and O–H groups in total. The second-order valence-corrected chi connectivity index (χ2v) is 5.12. The first kappa shape index (κ1) is 16.9. The molecule has 0 aliphatic rings. The molecule has 2 aromatic carbocycles. The van der Waals surface area contributed by atoms with Crippen molar-refractivity contribution >= 4 is 5.69 Å². The van der Waals surface area contributed by atoms with Crippen LogP contribution in [0.1, 0.15) is 11.1 Å². The van der Waals surface area contributed by atoms with Crippen LogP contribution < -0.4 is 4.74 Å². The summed E-state index contributed by atoms with van der Waals surface area (Å²) < 4.78 is 10.9. The molecule has 23 heavy (non-hydrogen) atoms. The van der Waals surface area contributed by atoms with Crippen LogP contribution in [-0.4, -0.2) is 29.3 Å². The van der Waals surface area contributed by atoms with Gasteiger partial charge in [0.15, 0.2) is 0 Å². The molecular formula is C17H19NO5. The number of hydrogen-bond donors (Lipinski definition) is 1. The maximum atomic E-state index is 10.9. The standard InChI is InChI=1S/C17H19NO5/c1-13-16(18(20)21)8-5-9-17(13)23-12-15(19)11-22-10-14-6-3-2-4-7-14/h2-9,15,19H,10-12H2,1H3. The lowest BCUT2D eigenvalue weighted by atomic mass is 10.2. The second-order valence-electron chi connectivity index (χ2n) is 5.12. The van der Waals surface area contributed by atoms with Gasteiger partial charge >= 0.3 is 0 Å². The van der Waals surface area contributed by atoms with Crippen molar-refractivity contribution in [1.82, 2.24) is 0 Å². The fourth-order valence-electron chi connectivity index (χ4n) is 2.08. The summed E-state index contributed by atoms with van der Waals surface area (Å²) in [5, 5.41) is 20.7. The third kappa shape index (κ3) is 5.05. The number of nitro groups is 1. The number of nitro benzene ring substituents is 1. The topological polar surface area (TPSA) is 81.8 Å². The molecule has 0 heterocycles. The Morgan fingerprint density at radius 3 is 2.57 bits per heavy atom. The van der Waals surface area contributed by atoms with E-state index in [1.807, 2.05) is 30.3 Å². The van der Waals surface area contributed by atoms with Gasteiger partial charge in [0.1, 0.15) is 18.5 Å². The fraction of sp³-hybridized carbons (Fsp3) is 0.294. The molecule has 0 fully saturated rings. The minimum atomic E-state index is -0.808. The monoisotopic (exact) mass is 317 g/mol. The normalized spacial score (nSPS) is 11.9. The molecule has 1 unspecified atom stereocenters. The van der Waals surface area contributed by atoms with Crippen LogP contribution in [-0.2, 0) is 11.3 Å². The molecule has 0 saturated carbocycles. The Morgan fingerprint density at radius 2 is 1.87 bits per heavy atom. The molecule has 0 saturated heterocycles. The van der Waals surface area contributed by atoms with Crippen molar-refractivity contribution in [3.8, 4) is 5.75 Å². The summed E-state index contributed by atoms with van der Waals surface area (Å²) in [5.41, 5.74) is 1.46. The van der Waals surface area contributed by atoms with E-state index in [1.54, 1.807) is 19.1 Å². The molecule has 6 nitrogen and oxygen atoms in total. The van der Waals surface area contributed by atoms with Crippen LogP contribution in [0.15, 0.2) is 48.5 Å². The molecule has 1 atom stereocenters. The van der Waals surface area contributed by atoms with E-state index in [4.69, 9.17) is 9.47 Å². The number of benzene rings is 2. The predicted molar refractivity (Wildman–Crippen MR) is 85.4 cm³/mol. The number of aliphatic hydroxyl groups excluding tert-OH is 1. The Morgan fingerprint density at radius 1 is 1.13 bits per heavy atom. The Kier molecular flexibility index (Phi) is 6.08. The minimum absolute atomic E-state index is 0.00248. The molecule has 0 amide bonds. The van der Waals surface area contributed by atoms with Crippen molar-refractivity contribution in [2.45, 2.75) is 19.6 Å². The molecular weight excluding hydrogens is 298 g/mol. The average Bonchev–Trinajstić information content (AvgIpc) is 2.54. The molecule has 122 valence electrons. The zero-order valence-electron chi connectivity index (χ0n) is 12.8. The highest BCUT2D eigenvalue weighted by molar-refractivity contribution is 5.48. The lowest BCUT2D eigenvalue weighted by Gasteiger charge is -2.14. The largest absolute Gasteiger partial charge is 0.490 e. The highest BCUT2D eigenvalue weighted by Crippen LogP contribution is 2.26. The van der Waals surface area contributed by atoms with Gasteiger partial charge in [-0.3, -0.25) is 10.1 Å². The third-order valence-electron chi connectivity index (χ3n) is 3.31. The molecule has 2 aromatic rings. The van der Waals surface area contributed by atoms with Crippen molar-refractivity contribution in [2.24, 2.45) is 0 Å². The summed E-state index contributed by atoms with van der Waals surface area (Å²) in [7, 11) is 0. The first-order valence-electron chi connectivity index (χ1n) is 7.24. The number of rotatable bonds is 8. The third-order valence-corrected chi connectivity index (χ3v) is 3.31. The summed E-state index contributed by atoms with van der Waals surface area (Å²) >= 11 is 0. The molecule has 0 spiro atoms. The summed E-state index contributed by atoms with van der Waals surface area (Å²) in [4.78, 5) is 10.4. The van der Waals surface area contributed by atoms with E-state index in [1.165, 1.54) is 6.07 Å². The smallest absolute Gasteiger partial charge is 0.276 e. The van der Waals surface area contributed by atoms with Crippen molar-refractivity contribution < 1.29 is 19.5 Å². The van der Waals surface area contributed by atoms with Gasteiger partial charge in [0.05, 0.1) is 23.7 Å². The Hall–Kier alpha value is -2.44. The summed E-state index contributed by atoms with van der Waals surface area (Å²) in [6.07, 6.45) is -0.808. The molecule has 6 heteroatoms. The van der Waals surface area contributed by atoms with Gasteiger partial charge in [0, 0.05) is 6.07 Å². The Labute approximate surface area is 134 Å². The highest BCUT2D eigenvalue weighted by Gasteiger charge is 2.15. The van der Waals surface area contributed by atoms with Gasteiger partial charge in [0.25, 0.3) is 5.69 Å². The van der Waals surface area contributed by atoms with E-state index in [9.17, 15) is 15.2 Å². The van der Waals surface area contributed by atoms with Crippen molar-refractivity contribution in [1.29, 1.82) is 0 Å². The van der Waals surface area contributed by atoms with E-state index in [0.29, 0.717) is 17.9 Å². The Bertz CT molecular complexity index is 645. The van der Waals surface area contributed by atoms with Crippen LogP contribution in [0, 0.1) is 17.0 Å². The van der Waals surface area contributed by atoms with Crippen LogP contribution in [0.25, 0.3) is 0 Å². The number of ether oxygens (including phenoxy) is 2. The van der Waals surface area contributed by atoms with Gasteiger partial charge in [-0.05, 0) is 18.6 Å². The van der Waals surface area contributed by atoms with E-state index in [-0.39, 0.29) is 18.9 Å². The van der Waals surface area contributed by atoms with Crippen LogP contribution in [0.2, 0.25) is 0 Å². The number of nitrogens with zero attached hydrogens (tertiary/aromatic N) is 1. The Balaban J connectivity index is 1.79. The molecule has 0 radical (unpaired) electrons. The lowest BCUT2D eigenvalue weighted by molar-refractivity contribution is -0.385.